The molecule has 3 heteroatoms. The number of carbonyl (C=O) groups excluding carboxylic acids is 1. The number of nitrogens with one attached hydrogen (secondary N) is 2. The maximum atomic E-state index is 12.0. The van der Waals surface area contributed by atoms with Crippen molar-refractivity contribution in [3.8, 4) is 0 Å². The molecule has 2 aliphatic rings. The number of rotatable bonds is 3. The lowest BCUT2D eigenvalue weighted by atomic mass is 9.90. The van der Waals surface area contributed by atoms with Crippen LogP contribution in [0.4, 0.5) is 0 Å². The molecule has 3 nitrogen and oxygen atoms in total. The monoisotopic (exact) mass is 244 g/mol. The van der Waals surface area contributed by atoms with Gasteiger partial charge in [0.2, 0.25) is 0 Å². The van der Waals surface area contributed by atoms with E-state index in [1.807, 2.05) is 6.07 Å². The predicted molar refractivity (Wildman–Crippen MR) is 71.8 cm³/mol. The lowest BCUT2D eigenvalue weighted by molar-refractivity contribution is 0.0942. The molecular formula is C15H20N2O. The second kappa shape index (κ2) is 5.11. The van der Waals surface area contributed by atoms with Gasteiger partial charge < -0.3 is 10.6 Å². The lowest BCUT2D eigenvalue weighted by Crippen LogP contribution is -2.48. The van der Waals surface area contributed by atoms with Crippen LogP contribution in [0, 0.1) is 5.92 Å². The van der Waals surface area contributed by atoms with Crippen molar-refractivity contribution in [1.29, 1.82) is 0 Å². The van der Waals surface area contributed by atoms with Crippen molar-refractivity contribution in [2.24, 2.45) is 5.92 Å². The van der Waals surface area contributed by atoms with Gasteiger partial charge in [0.25, 0.3) is 5.91 Å². The third-order valence-electron chi connectivity index (χ3n) is 4.03. The highest BCUT2D eigenvalue weighted by molar-refractivity contribution is 5.94. The molecule has 1 aromatic rings. The number of aryl methyl sites for hydroxylation is 2. The van der Waals surface area contributed by atoms with E-state index in [4.69, 9.17) is 0 Å². The van der Waals surface area contributed by atoms with Crippen LogP contribution >= 0.6 is 0 Å². The Labute approximate surface area is 108 Å². The SMILES string of the molecule is O=C(NCC1CNC1)c1ccc2c(c1)CCCC2. The maximum Gasteiger partial charge on any atom is 0.251 e. The van der Waals surface area contributed by atoms with Crippen LogP contribution in [0.2, 0.25) is 0 Å². The molecule has 0 aromatic heterocycles. The molecule has 3 rings (SSSR count). The highest BCUT2D eigenvalue weighted by Gasteiger charge is 2.18. The van der Waals surface area contributed by atoms with Crippen LogP contribution in [0.1, 0.15) is 34.3 Å². The Morgan fingerprint density at radius 1 is 1.22 bits per heavy atom. The molecule has 0 bridgehead atoms. The first-order valence-electron chi connectivity index (χ1n) is 6.93. The standard InChI is InChI=1S/C15H20N2O/c18-15(17-10-11-8-16-9-11)14-6-5-12-3-1-2-4-13(12)7-14/h5-7,11,16H,1-4,8-10H2,(H,17,18). The van der Waals surface area contributed by atoms with Crippen molar-refractivity contribution in [2.75, 3.05) is 19.6 Å². The first-order chi connectivity index (χ1) is 8.83. The number of hydrogen-bond donors (Lipinski definition) is 2. The minimum absolute atomic E-state index is 0.0790. The van der Waals surface area contributed by atoms with E-state index in [2.05, 4.69) is 22.8 Å². The number of hydrogen-bond acceptors (Lipinski definition) is 2. The smallest absolute Gasteiger partial charge is 0.251 e. The van der Waals surface area contributed by atoms with Crippen molar-refractivity contribution >= 4 is 5.91 Å². The van der Waals surface area contributed by atoms with E-state index in [-0.39, 0.29) is 5.91 Å². The predicted octanol–water partition coefficient (Wildman–Crippen LogP) is 1.51. The molecule has 1 saturated heterocycles. The van der Waals surface area contributed by atoms with E-state index in [1.54, 1.807) is 0 Å². The molecule has 0 radical (unpaired) electrons. The summed E-state index contributed by atoms with van der Waals surface area (Å²) in [7, 11) is 0. The Balaban J connectivity index is 1.65. The Morgan fingerprint density at radius 3 is 2.72 bits per heavy atom. The van der Waals surface area contributed by atoms with Crippen LogP contribution in [0.5, 0.6) is 0 Å². The molecule has 0 unspecified atom stereocenters. The highest BCUT2D eigenvalue weighted by Crippen LogP contribution is 2.22. The summed E-state index contributed by atoms with van der Waals surface area (Å²) in [6.07, 6.45) is 4.84. The summed E-state index contributed by atoms with van der Waals surface area (Å²) >= 11 is 0. The molecule has 0 spiro atoms. The van der Waals surface area contributed by atoms with E-state index in [9.17, 15) is 4.79 Å². The van der Waals surface area contributed by atoms with Crippen molar-refractivity contribution in [1.82, 2.24) is 10.6 Å². The molecule has 2 N–H and O–H groups in total. The van der Waals surface area contributed by atoms with Gasteiger partial charge in [-0.1, -0.05) is 6.07 Å². The van der Waals surface area contributed by atoms with Gasteiger partial charge in [0.15, 0.2) is 0 Å². The molecule has 18 heavy (non-hydrogen) atoms. The molecule has 96 valence electrons. The molecule has 1 aliphatic heterocycles. The fourth-order valence-electron chi connectivity index (χ4n) is 2.71. The van der Waals surface area contributed by atoms with Gasteiger partial charge in [-0.05, 0) is 48.9 Å². The van der Waals surface area contributed by atoms with E-state index < -0.39 is 0 Å². The quantitative estimate of drug-likeness (QED) is 0.846. The summed E-state index contributed by atoms with van der Waals surface area (Å²) in [6.45, 7) is 2.86. The average molecular weight is 244 g/mol. The van der Waals surface area contributed by atoms with Gasteiger partial charge in [-0.3, -0.25) is 4.79 Å². The average Bonchev–Trinajstić information content (AvgIpc) is 2.36. The fraction of sp³-hybridized carbons (Fsp3) is 0.533. The van der Waals surface area contributed by atoms with Gasteiger partial charge >= 0.3 is 0 Å². The second-order valence-electron chi connectivity index (χ2n) is 5.42. The van der Waals surface area contributed by atoms with Crippen LogP contribution in [-0.2, 0) is 12.8 Å². The van der Waals surface area contributed by atoms with Crippen molar-refractivity contribution in [2.45, 2.75) is 25.7 Å². The third-order valence-corrected chi connectivity index (χ3v) is 4.03. The fourth-order valence-corrected chi connectivity index (χ4v) is 2.71. The summed E-state index contributed by atoms with van der Waals surface area (Å²) in [4.78, 5) is 12.0. The van der Waals surface area contributed by atoms with E-state index in [1.165, 1.54) is 30.4 Å². The zero-order valence-corrected chi connectivity index (χ0v) is 10.7. The minimum Gasteiger partial charge on any atom is -0.352 e. The third kappa shape index (κ3) is 2.41. The first-order valence-corrected chi connectivity index (χ1v) is 6.93. The number of fused-ring (bicyclic) bond motifs is 1. The van der Waals surface area contributed by atoms with E-state index in [0.717, 1.165) is 31.6 Å². The van der Waals surface area contributed by atoms with Gasteiger partial charge in [-0.2, -0.15) is 0 Å². The lowest BCUT2D eigenvalue weighted by Gasteiger charge is -2.27. The zero-order chi connectivity index (χ0) is 12.4. The van der Waals surface area contributed by atoms with E-state index >= 15 is 0 Å². The summed E-state index contributed by atoms with van der Waals surface area (Å²) < 4.78 is 0. The molecule has 1 heterocycles. The van der Waals surface area contributed by atoms with Gasteiger partial charge in [-0.15, -0.1) is 0 Å². The largest absolute Gasteiger partial charge is 0.352 e. The number of carbonyl (C=O) groups is 1. The van der Waals surface area contributed by atoms with Gasteiger partial charge in [0, 0.05) is 31.1 Å². The van der Waals surface area contributed by atoms with Crippen LogP contribution < -0.4 is 10.6 Å². The zero-order valence-electron chi connectivity index (χ0n) is 10.7. The van der Waals surface area contributed by atoms with Crippen molar-refractivity contribution < 1.29 is 4.79 Å². The minimum atomic E-state index is 0.0790. The van der Waals surface area contributed by atoms with Gasteiger partial charge in [-0.25, -0.2) is 0 Å². The number of benzene rings is 1. The summed E-state index contributed by atoms with van der Waals surface area (Å²) in [5, 5.41) is 6.24. The molecule has 0 atom stereocenters. The molecule has 1 fully saturated rings. The summed E-state index contributed by atoms with van der Waals surface area (Å²) in [5.41, 5.74) is 3.63. The molecule has 1 aliphatic carbocycles. The highest BCUT2D eigenvalue weighted by atomic mass is 16.1. The van der Waals surface area contributed by atoms with Gasteiger partial charge in [0.05, 0.1) is 0 Å². The summed E-state index contributed by atoms with van der Waals surface area (Å²) in [6, 6.07) is 6.19. The second-order valence-corrected chi connectivity index (χ2v) is 5.42. The maximum absolute atomic E-state index is 12.0. The Morgan fingerprint density at radius 2 is 2.00 bits per heavy atom. The molecular weight excluding hydrogens is 224 g/mol. The molecule has 1 amide bonds. The topological polar surface area (TPSA) is 41.1 Å². The van der Waals surface area contributed by atoms with Crippen LogP contribution in [0.3, 0.4) is 0 Å². The molecule has 1 aromatic carbocycles. The van der Waals surface area contributed by atoms with Crippen LogP contribution in [0.15, 0.2) is 18.2 Å². The van der Waals surface area contributed by atoms with Crippen LogP contribution in [-0.4, -0.2) is 25.5 Å². The Bertz CT molecular complexity index is 452. The summed E-state index contributed by atoms with van der Waals surface area (Å²) in [5.74, 6) is 0.696. The number of amides is 1. The Kier molecular flexibility index (Phi) is 3.33. The van der Waals surface area contributed by atoms with Crippen molar-refractivity contribution in [3.05, 3.63) is 34.9 Å². The van der Waals surface area contributed by atoms with E-state index in [0.29, 0.717) is 5.92 Å². The molecule has 0 saturated carbocycles. The van der Waals surface area contributed by atoms with Crippen LogP contribution in [0.25, 0.3) is 0 Å². The first kappa shape index (κ1) is 11.7. The normalized spacial score (nSPS) is 18.9. The Hall–Kier alpha value is -1.35. The van der Waals surface area contributed by atoms with Gasteiger partial charge in [0.1, 0.15) is 0 Å². The van der Waals surface area contributed by atoms with Crippen molar-refractivity contribution in [3.63, 3.8) is 0 Å².